The highest BCUT2D eigenvalue weighted by Crippen LogP contribution is 2.34. The van der Waals surface area contributed by atoms with Crippen LogP contribution in [0, 0.1) is 5.82 Å². The lowest BCUT2D eigenvalue weighted by atomic mass is 9.96. The van der Waals surface area contributed by atoms with E-state index in [0.29, 0.717) is 11.6 Å². The summed E-state index contributed by atoms with van der Waals surface area (Å²) in [6, 6.07) is 16.2. The maximum Gasteiger partial charge on any atom is 0.166 e. The van der Waals surface area contributed by atoms with Crippen LogP contribution in [-0.4, -0.2) is 15.2 Å². The lowest BCUT2D eigenvalue weighted by Crippen LogP contribution is -2.07. The van der Waals surface area contributed by atoms with Crippen molar-refractivity contribution >= 4 is 5.82 Å². The van der Waals surface area contributed by atoms with Gasteiger partial charge in [0.05, 0.1) is 6.20 Å². The van der Waals surface area contributed by atoms with Gasteiger partial charge in [-0.2, -0.15) is 5.10 Å². The summed E-state index contributed by atoms with van der Waals surface area (Å²) in [5.74, 6) is 0.468. The maximum atomic E-state index is 13.9. The minimum atomic E-state index is -0.362. The van der Waals surface area contributed by atoms with Gasteiger partial charge >= 0.3 is 0 Å². The number of halogens is 1. The second kappa shape index (κ2) is 7.52. The van der Waals surface area contributed by atoms with E-state index in [4.69, 9.17) is 10.5 Å². The van der Waals surface area contributed by atoms with Crippen molar-refractivity contribution in [2.75, 3.05) is 5.73 Å². The Labute approximate surface area is 162 Å². The predicted molar refractivity (Wildman–Crippen MR) is 107 cm³/mol. The van der Waals surface area contributed by atoms with Crippen LogP contribution in [-0.2, 0) is 0 Å². The van der Waals surface area contributed by atoms with Crippen molar-refractivity contribution < 1.29 is 9.13 Å². The number of nitrogens with one attached hydrogen (secondary N) is 1. The molecule has 3 N–H and O–H groups in total. The summed E-state index contributed by atoms with van der Waals surface area (Å²) in [7, 11) is 0. The molecule has 0 saturated carbocycles. The van der Waals surface area contributed by atoms with Gasteiger partial charge in [0.2, 0.25) is 0 Å². The van der Waals surface area contributed by atoms with Crippen LogP contribution >= 0.6 is 0 Å². The molecule has 0 saturated heterocycles. The zero-order valence-corrected chi connectivity index (χ0v) is 15.3. The van der Waals surface area contributed by atoms with Crippen molar-refractivity contribution in [1.29, 1.82) is 0 Å². The number of ether oxygens (including phenoxy) is 1. The molecule has 0 amide bonds. The summed E-state index contributed by atoms with van der Waals surface area (Å²) < 4.78 is 20.0. The third kappa shape index (κ3) is 3.57. The predicted octanol–water partition coefficient (Wildman–Crippen LogP) is 5.00. The highest BCUT2D eigenvalue weighted by Gasteiger charge is 2.17. The number of aromatic nitrogens is 3. The van der Waals surface area contributed by atoms with Crippen LogP contribution in [0.25, 0.3) is 22.3 Å². The van der Waals surface area contributed by atoms with E-state index in [1.165, 1.54) is 12.1 Å². The average Bonchev–Trinajstić information content (AvgIpc) is 3.25. The Kier molecular flexibility index (Phi) is 4.76. The van der Waals surface area contributed by atoms with Crippen LogP contribution in [0.5, 0.6) is 5.75 Å². The van der Waals surface area contributed by atoms with Gasteiger partial charge < -0.3 is 10.5 Å². The molecule has 28 heavy (non-hydrogen) atoms. The number of H-pyrrole nitrogens is 1. The standard InChI is InChI=1S/C22H19FN4O/c1-14(19-8-7-18(23)10-20(19)15-5-3-2-4-6-15)28-21-9-16(11-25-22(21)24)17-12-26-27-13-17/h2-14H,1H3,(H2,24,25)(H,26,27)/t14-/m1/s1. The van der Waals surface area contributed by atoms with Gasteiger partial charge in [0.25, 0.3) is 0 Å². The molecule has 0 bridgehead atoms. The second-order valence-corrected chi connectivity index (χ2v) is 6.45. The van der Waals surface area contributed by atoms with Crippen molar-refractivity contribution in [1.82, 2.24) is 15.2 Å². The molecule has 140 valence electrons. The molecule has 4 aromatic rings. The number of hydrogen-bond acceptors (Lipinski definition) is 4. The van der Waals surface area contributed by atoms with E-state index in [-0.39, 0.29) is 11.9 Å². The molecule has 2 aromatic heterocycles. The number of nitrogens with zero attached hydrogens (tertiary/aromatic N) is 2. The molecule has 0 aliphatic heterocycles. The van der Waals surface area contributed by atoms with Crippen LogP contribution in [0.4, 0.5) is 10.2 Å². The van der Waals surface area contributed by atoms with Crippen molar-refractivity contribution in [3.63, 3.8) is 0 Å². The Morgan fingerprint density at radius 3 is 2.57 bits per heavy atom. The van der Waals surface area contributed by atoms with Gasteiger partial charge in [-0.15, -0.1) is 0 Å². The first-order valence-corrected chi connectivity index (χ1v) is 8.88. The molecular weight excluding hydrogens is 355 g/mol. The maximum absolute atomic E-state index is 13.9. The van der Waals surface area contributed by atoms with Crippen molar-refractivity contribution in [3.05, 3.63) is 84.6 Å². The Balaban J connectivity index is 1.68. The smallest absolute Gasteiger partial charge is 0.166 e. The number of hydrogen-bond donors (Lipinski definition) is 2. The zero-order chi connectivity index (χ0) is 19.5. The fourth-order valence-corrected chi connectivity index (χ4v) is 3.12. The summed E-state index contributed by atoms with van der Waals surface area (Å²) in [5, 5.41) is 6.73. The summed E-state index contributed by atoms with van der Waals surface area (Å²) >= 11 is 0. The molecule has 6 heteroatoms. The molecule has 0 unspecified atom stereocenters. The van der Waals surface area contributed by atoms with E-state index >= 15 is 0 Å². The average molecular weight is 374 g/mol. The number of nitrogen functional groups attached to an aromatic ring is 1. The first kappa shape index (κ1) is 17.7. The molecule has 4 rings (SSSR count). The second-order valence-electron chi connectivity index (χ2n) is 6.45. The van der Waals surface area contributed by atoms with Gasteiger partial charge in [0.15, 0.2) is 11.6 Å². The normalized spacial score (nSPS) is 11.9. The van der Waals surface area contributed by atoms with Gasteiger partial charge in [-0.25, -0.2) is 9.37 Å². The summed E-state index contributed by atoms with van der Waals surface area (Å²) in [6.07, 6.45) is 4.78. The summed E-state index contributed by atoms with van der Waals surface area (Å²) in [5.41, 5.74) is 10.3. The molecule has 0 radical (unpaired) electrons. The Hall–Kier alpha value is -3.67. The Morgan fingerprint density at radius 1 is 1.00 bits per heavy atom. The summed E-state index contributed by atoms with van der Waals surface area (Å²) in [6.45, 7) is 1.91. The minimum Gasteiger partial charge on any atom is -0.482 e. The van der Waals surface area contributed by atoms with Gasteiger partial charge in [0, 0.05) is 29.1 Å². The monoisotopic (exact) mass is 374 g/mol. The molecule has 0 fully saturated rings. The van der Waals surface area contributed by atoms with Crippen LogP contribution < -0.4 is 10.5 Å². The van der Waals surface area contributed by atoms with Crippen molar-refractivity contribution in [2.45, 2.75) is 13.0 Å². The topological polar surface area (TPSA) is 76.8 Å². The fraction of sp³-hybridized carbons (Fsp3) is 0.0909. The zero-order valence-electron chi connectivity index (χ0n) is 15.3. The minimum absolute atomic E-state index is 0.294. The van der Waals surface area contributed by atoms with E-state index in [1.807, 2.05) is 43.3 Å². The molecule has 0 aliphatic carbocycles. The highest BCUT2D eigenvalue weighted by atomic mass is 19.1. The van der Waals surface area contributed by atoms with E-state index < -0.39 is 0 Å². The largest absolute Gasteiger partial charge is 0.482 e. The molecule has 0 aliphatic rings. The van der Waals surface area contributed by atoms with Crippen LogP contribution in [0.2, 0.25) is 0 Å². The number of anilines is 1. The Bertz CT molecular complexity index is 1080. The van der Waals surface area contributed by atoms with Crippen molar-refractivity contribution in [3.8, 4) is 28.0 Å². The van der Waals surface area contributed by atoms with E-state index in [0.717, 1.165) is 27.8 Å². The first-order chi connectivity index (χ1) is 13.6. The molecule has 0 spiro atoms. The van der Waals surface area contributed by atoms with E-state index in [2.05, 4.69) is 15.2 Å². The third-order valence-corrected chi connectivity index (χ3v) is 4.56. The van der Waals surface area contributed by atoms with Gasteiger partial charge in [-0.1, -0.05) is 36.4 Å². The van der Waals surface area contributed by atoms with Crippen LogP contribution in [0.1, 0.15) is 18.6 Å². The third-order valence-electron chi connectivity index (χ3n) is 4.56. The lowest BCUT2D eigenvalue weighted by molar-refractivity contribution is 0.228. The van der Waals surface area contributed by atoms with Crippen molar-refractivity contribution in [2.24, 2.45) is 0 Å². The van der Waals surface area contributed by atoms with Gasteiger partial charge in [0.1, 0.15) is 11.9 Å². The molecular formula is C22H19FN4O. The molecule has 2 aromatic carbocycles. The Morgan fingerprint density at radius 2 is 1.82 bits per heavy atom. The molecule has 5 nitrogen and oxygen atoms in total. The van der Waals surface area contributed by atoms with Gasteiger partial charge in [-0.3, -0.25) is 5.10 Å². The van der Waals surface area contributed by atoms with Crippen LogP contribution in [0.3, 0.4) is 0 Å². The fourth-order valence-electron chi connectivity index (χ4n) is 3.12. The number of rotatable bonds is 5. The van der Waals surface area contributed by atoms with E-state index in [9.17, 15) is 4.39 Å². The number of aromatic amines is 1. The highest BCUT2D eigenvalue weighted by molar-refractivity contribution is 5.68. The lowest BCUT2D eigenvalue weighted by Gasteiger charge is -2.20. The molecule has 2 heterocycles. The SMILES string of the molecule is C[C@@H](Oc1cc(-c2cn[nH]c2)cnc1N)c1ccc(F)cc1-c1ccccc1. The first-order valence-electron chi connectivity index (χ1n) is 8.88. The van der Waals surface area contributed by atoms with Gasteiger partial charge in [-0.05, 0) is 36.2 Å². The quantitative estimate of drug-likeness (QED) is 0.515. The number of pyridine rings is 1. The van der Waals surface area contributed by atoms with Crippen LogP contribution in [0.15, 0.2) is 73.2 Å². The summed E-state index contributed by atoms with van der Waals surface area (Å²) in [4.78, 5) is 4.23. The number of nitrogens with two attached hydrogens (primary N) is 1. The molecule has 1 atom stereocenters. The van der Waals surface area contributed by atoms with E-state index in [1.54, 1.807) is 24.7 Å². The number of benzene rings is 2.